The Balaban J connectivity index is 1.03. The van der Waals surface area contributed by atoms with Crippen molar-refractivity contribution < 1.29 is 26.9 Å². The number of piperidine rings is 1. The summed E-state index contributed by atoms with van der Waals surface area (Å²) in [7, 11) is -3.73. The number of carbonyl (C=O) groups excluding carboxylic acids is 1. The van der Waals surface area contributed by atoms with E-state index in [-0.39, 0.29) is 29.4 Å². The molecule has 4 fully saturated rings. The lowest BCUT2D eigenvalue weighted by Gasteiger charge is -2.32. The maximum atomic E-state index is 15.1. The minimum absolute atomic E-state index is 0.0322. The summed E-state index contributed by atoms with van der Waals surface area (Å²) >= 11 is 13.0. The molecule has 3 saturated carbocycles. The van der Waals surface area contributed by atoms with Crippen molar-refractivity contribution in [3.63, 3.8) is 0 Å². The van der Waals surface area contributed by atoms with E-state index in [9.17, 15) is 13.2 Å². The van der Waals surface area contributed by atoms with Crippen LogP contribution in [0.25, 0.3) is 11.3 Å². The minimum Gasteiger partial charge on any atom is -0.373 e. The van der Waals surface area contributed by atoms with Crippen LogP contribution in [0, 0.1) is 11.7 Å². The van der Waals surface area contributed by atoms with Crippen LogP contribution in [0.3, 0.4) is 0 Å². The summed E-state index contributed by atoms with van der Waals surface area (Å²) in [6.45, 7) is 0.865. The van der Waals surface area contributed by atoms with Crippen LogP contribution in [0.2, 0.25) is 10.0 Å². The first-order chi connectivity index (χ1) is 19.7. The first kappa shape index (κ1) is 27.1. The third-order valence-corrected chi connectivity index (χ3v) is 10.9. The predicted octanol–water partition coefficient (Wildman–Crippen LogP) is 5.47. The number of hydrogen-bond donors (Lipinski definition) is 1. The highest BCUT2D eigenvalue weighted by atomic mass is 35.5. The van der Waals surface area contributed by atoms with Crippen LogP contribution in [0.1, 0.15) is 66.1 Å². The molecule has 1 amide bonds. The lowest BCUT2D eigenvalue weighted by molar-refractivity contribution is 0.0121. The van der Waals surface area contributed by atoms with Crippen LogP contribution in [0.15, 0.2) is 35.0 Å². The van der Waals surface area contributed by atoms with E-state index >= 15 is 4.39 Å². The molecule has 0 unspecified atom stereocenters. The molecule has 13 heteroatoms. The smallest absolute Gasteiger partial charge is 0.266 e. The van der Waals surface area contributed by atoms with Crippen molar-refractivity contribution in [3.05, 3.63) is 63.2 Å². The van der Waals surface area contributed by atoms with Crippen LogP contribution >= 0.6 is 23.2 Å². The maximum Gasteiger partial charge on any atom is 0.266 e. The highest BCUT2D eigenvalue weighted by Crippen LogP contribution is 2.47. The molecule has 4 aliphatic rings. The van der Waals surface area contributed by atoms with Crippen molar-refractivity contribution in [3.8, 4) is 11.3 Å². The molecule has 3 aromatic rings. The number of ether oxygens (including phenoxy) is 1. The van der Waals surface area contributed by atoms with Crippen LogP contribution in [-0.2, 0) is 21.4 Å². The van der Waals surface area contributed by atoms with Gasteiger partial charge in [-0.1, -0.05) is 34.4 Å². The molecule has 0 radical (unpaired) electrons. The average molecular weight is 622 g/mol. The molecule has 1 N–H and O–H groups in total. The van der Waals surface area contributed by atoms with Crippen molar-refractivity contribution in [2.45, 2.75) is 68.4 Å². The number of fused-ring (bicyclic) bond motifs is 2. The summed E-state index contributed by atoms with van der Waals surface area (Å²) < 4.78 is 53.5. The second-order valence-electron chi connectivity index (χ2n) is 11.3. The topological polar surface area (TPSA) is 115 Å². The Morgan fingerprint density at radius 1 is 1.17 bits per heavy atom. The summed E-state index contributed by atoms with van der Waals surface area (Å²) in [5.41, 5.74) is 1.98. The summed E-state index contributed by atoms with van der Waals surface area (Å²) in [5, 5.41) is 4.77. The molecule has 41 heavy (non-hydrogen) atoms. The van der Waals surface area contributed by atoms with Crippen molar-refractivity contribution in [2.24, 2.45) is 5.92 Å². The quantitative estimate of drug-likeness (QED) is 0.335. The van der Waals surface area contributed by atoms with E-state index in [0.29, 0.717) is 59.6 Å². The number of halogens is 3. The average Bonchev–Trinajstić information content (AvgIpc) is 3.86. The van der Waals surface area contributed by atoms with E-state index < -0.39 is 27.0 Å². The Labute approximate surface area is 246 Å². The van der Waals surface area contributed by atoms with E-state index in [0.717, 1.165) is 36.7 Å². The molecule has 9 nitrogen and oxygen atoms in total. The third kappa shape index (κ3) is 5.11. The standard InChI is InChI=1S/C28H27Cl2FN4O5S/c29-20-2-1-3-21(30)24(20)25-19(26(40-33-25)14-4-5-14)13-39-23-10-17-8-16(23)12-35(17)27-22(31)9-15(11-32-27)28(36)34-41(37,38)18-6-7-18/h1-3,9,11,14,16-18,23H,4-8,10,12-13H2,(H,34,36)/t16-,17-,23+/m0/s1. The van der Waals surface area contributed by atoms with E-state index in [1.807, 2.05) is 9.62 Å². The minimum atomic E-state index is -3.73. The molecule has 0 spiro atoms. The zero-order valence-corrected chi connectivity index (χ0v) is 24.2. The van der Waals surface area contributed by atoms with Crippen LogP contribution in [-0.4, -0.2) is 48.4 Å². The normalized spacial score (nSPS) is 23.8. The van der Waals surface area contributed by atoms with Crippen molar-refractivity contribution >= 4 is 45.0 Å². The molecule has 1 aromatic carbocycles. The van der Waals surface area contributed by atoms with Gasteiger partial charge in [0.2, 0.25) is 10.0 Å². The number of sulfonamides is 1. The summed E-state index contributed by atoms with van der Waals surface area (Å²) in [6.07, 6.45) is 5.83. The van der Waals surface area contributed by atoms with Gasteiger partial charge < -0.3 is 14.2 Å². The number of anilines is 1. The van der Waals surface area contributed by atoms with E-state index in [4.69, 9.17) is 32.5 Å². The van der Waals surface area contributed by atoms with Gasteiger partial charge >= 0.3 is 0 Å². The SMILES string of the molecule is O=C(NS(=O)(=O)C1CC1)c1cnc(N2C[C@@H]3C[C@H]2C[C@H]3OCc2c(-c3c(Cl)cccc3Cl)noc2C2CC2)c(F)c1. The largest absolute Gasteiger partial charge is 0.373 e. The number of rotatable bonds is 9. The monoisotopic (exact) mass is 620 g/mol. The van der Waals surface area contributed by atoms with Crippen molar-refractivity contribution in [1.82, 2.24) is 14.9 Å². The molecule has 3 atom stereocenters. The number of aromatic nitrogens is 2. The highest BCUT2D eigenvalue weighted by molar-refractivity contribution is 7.91. The van der Waals surface area contributed by atoms with Gasteiger partial charge in [-0.05, 0) is 56.7 Å². The van der Waals surface area contributed by atoms with Gasteiger partial charge in [-0.15, -0.1) is 0 Å². The first-order valence-electron chi connectivity index (χ1n) is 13.7. The molecule has 2 bridgehead atoms. The number of carbonyl (C=O) groups is 1. The van der Waals surface area contributed by atoms with Crippen LogP contribution in [0.4, 0.5) is 10.2 Å². The van der Waals surface area contributed by atoms with Gasteiger partial charge in [0.15, 0.2) is 11.6 Å². The van der Waals surface area contributed by atoms with E-state index in [1.165, 1.54) is 6.20 Å². The lowest BCUT2D eigenvalue weighted by atomic mass is 10.0. The molecule has 216 valence electrons. The third-order valence-electron chi connectivity index (χ3n) is 8.44. The van der Waals surface area contributed by atoms with Gasteiger partial charge in [-0.2, -0.15) is 0 Å². The van der Waals surface area contributed by atoms with Gasteiger partial charge in [-0.3, -0.25) is 4.79 Å². The van der Waals surface area contributed by atoms with E-state index in [2.05, 4.69) is 10.1 Å². The number of amides is 1. The maximum absolute atomic E-state index is 15.1. The molecular formula is C28H27Cl2FN4O5S. The van der Waals surface area contributed by atoms with Crippen LogP contribution in [0.5, 0.6) is 0 Å². The molecular weight excluding hydrogens is 594 g/mol. The Hall–Kier alpha value is -2.73. The van der Waals surface area contributed by atoms with Crippen molar-refractivity contribution in [1.29, 1.82) is 0 Å². The van der Waals surface area contributed by atoms with Gasteiger partial charge in [0, 0.05) is 41.7 Å². The second-order valence-corrected chi connectivity index (χ2v) is 14.1. The number of nitrogens with zero attached hydrogens (tertiary/aromatic N) is 3. The molecule has 7 rings (SSSR count). The number of pyridine rings is 1. The predicted molar refractivity (Wildman–Crippen MR) is 150 cm³/mol. The Kier molecular flexibility index (Phi) is 6.76. The van der Waals surface area contributed by atoms with Crippen LogP contribution < -0.4 is 9.62 Å². The Morgan fingerprint density at radius 2 is 1.93 bits per heavy atom. The molecule has 3 aliphatic carbocycles. The fraction of sp³-hybridized carbons (Fsp3) is 0.464. The number of hydrogen-bond acceptors (Lipinski definition) is 8. The summed E-state index contributed by atoms with van der Waals surface area (Å²) in [6, 6.07) is 6.40. The molecule has 3 heterocycles. The van der Waals surface area contributed by atoms with E-state index in [1.54, 1.807) is 18.2 Å². The fourth-order valence-corrected chi connectivity index (χ4v) is 7.90. The second kappa shape index (κ2) is 10.2. The van der Waals surface area contributed by atoms with Gasteiger partial charge in [-0.25, -0.2) is 22.5 Å². The fourth-order valence-electron chi connectivity index (χ4n) is 6.02. The zero-order chi connectivity index (χ0) is 28.5. The molecule has 2 aromatic heterocycles. The first-order valence-corrected chi connectivity index (χ1v) is 16.0. The molecule has 1 saturated heterocycles. The number of benzene rings is 1. The van der Waals surface area contributed by atoms with Gasteiger partial charge in [0.1, 0.15) is 11.5 Å². The van der Waals surface area contributed by atoms with Gasteiger partial charge in [0.25, 0.3) is 5.91 Å². The molecule has 1 aliphatic heterocycles. The lowest BCUT2D eigenvalue weighted by Crippen LogP contribution is -2.39. The van der Waals surface area contributed by atoms with Crippen molar-refractivity contribution in [2.75, 3.05) is 11.4 Å². The summed E-state index contributed by atoms with van der Waals surface area (Å²) in [5.74, 6) is -0.0670. The Bertz CT molecular complexity index is 1620. The Morgan fingerprint density at radius 3 is 2.56 bits per heavy atom. The zero-order valence-electron chi connectivity index (χ0n) is 21.9. The highest BCUT2D eigenvalue weighted by Gasteiger charge is 2.47. The number of nitrogens with one attached hydrogen (secondary N) is 1. The summed E-state index contributed by atoms with van der Waals surface area (Å²) in [4.78, 5) is 18.5. The van der Waals surface area contributed by atoms with Gasteiger partial charge in [0.05, 0.1) is 33.6 Å².